The van der Waals surface area contributed by atoms with Gasteiger partial charge in [0.2, 0.25) is 0 Å². The van der Waals surface area contributed by atoms with Crippen LogP contribution in [0.4, 0.5) is 0 Å². The first-order chi connectivity index (χ1) is 6.45. The highest BCUT2D eigenvalue weighted by Gasteiger charge is 2.15. The fourth-order valence-electron chi connectivity index (χ4n) is 1.50. The molecule has 70 valence electrons. The van der Waals surface area contributed by atoms with Gasteiger partial charge in [-0.05, 0) is 18.4 Å². The molecule has 13 heavy (non-hydrogen) atoms. The molecule has 0 aliphatic carbocycles. The van der Waals surface area contributed by atoms with E-state index in [1.165, 1.54) is 29.9 Å². The third-order valence-electron chi connectivity index (χ3n) is 2.20. The molecule has 1 aliphatic rings. The molecule has 0 bridgehead atoms. The Morgan fingerprint density at radius 1 is 1.08 bits per heavy atom. The zero-order chi connectivity index (χ0) is 8.93. The largest absolute Gasteiger partial charge is 0.147 e. The quantitative estimate of drug-likeness (QED) is 0.749. The standard InChI is InChI=1S/C11H14S2/c1-2-4-10(5-3-1)6-7-11-12-8-9-13-11/h1-5,11H,6-9H2. The molecule has 2 heteroatoms. The second kappa shape index (κ2) is 4.97. The Hall–Kier alpha value is -0.0800. The predicted octanol–water partition coefficient (Wildman–Crippen LogP) is 3.43. The first-order valence-electron chi connectivity index (χ1n) is 4.72. The minimum absolute atomic E-state index is 0.861. The van der Waals surface area contributed by atoms with E-state index in [2.05, 4.69) is 53.9 Å². The SMILES string of the molecule is c1ccc(CCC2SCCS2)cc1. The van der Waals surface area contributed by atoms with Crippen LogP contribution in [0.25, 0.3) is 0 Å². The first-order valence-corrected chi connectivity index (χ1v) is 6.82. The molecule has 1 aliphatic heterocycles. The van der Waals surface area contributed by atoms with Crippen LogP contribution in [-0.2, 0) is 6.42 Å². The van der Waals surface area contributed by atoms with Gasteiger partial charge in [-0.25, -0.2) is 0 Å². The Morgan fingerprint density at radius 3 is 2.46 bits per heavy atom. The maximum atomic E-state index is 2.23. The van der Waals surface area contributed by atoms with Gasteiger partial charge in [0.15, 0.2) is 0 Å². The lowest BCUT2D eigenvalue weighted by atomic mass is 10.1. The van der Waals surface area contributed by atoms with Gasteiger partial charge in [0.25, 0.3) is 0 Å². The van der Waals surface area contributed by atoms with Crippen molar-refractivity contribution in [2.75, 3.05) is 11.5 Å². The summed E-state index contributed by atoms with van der Waals surface area (Å²) in [6, 6.07) is 10.8. The Labute approximate surface area is 88.5 Å². The minimum atomic E-state index is 0.861. The average molecular weight is 210 g/mol. The molecule has 1 heterocycles. The van der Waals surface area contributed by atoms with Crippen molar-refractivity contribution in [1.82, 2.24) is 0 Å². The summed E-state index contributed by atoms with van der Waals surface area (Å²) in [6.45, 7) is 0. The molecule has 0 radical (unpaired) electrons. The molecule has 0 spiro atoms. The second-order valence-corrected chi connectivity index (χ2v) is 6.12. The monoisotopic (exact) mass is 210 g/mol. The number of benzene rings is 1. The van der Waals surface area contributed by atoms with E-state index in [1.54, 1.807) is 0 Å². The minimum Gasteiger partial charge on any atom is -0.147 e. The van der Waals surface area contributed by atoms with Crippen LogP contribution < -0.4 is 0 Å². The smallest absolute Gasteiger partial charge is 0.0506 e. The van der Waals surface area contributed by atoms with E-state index in [9.17, 15) is 0 Å². The van der Waals surface area contributed by atoms with Crippen molar-refractivity contribution < 1.29 is 0 Å². The van der Waals surface area contributed by atoms with E-state index in [-0.39, 0.29) is 0 Å². The van der Waals surface area contributed by atoms with Gasteiger partial charge in [0, 0.05) is 11.5 Å². The maximum Gasteiger partial charge on any atom is 0.0506 e. The molecule has 0 nitrogen and oxygen atoms in total. The summed E-state index contributed by atoms with van der Waals surface area (Å²) in [5.74, 6) is 2.70. The number of thioether (sulfide) groups is 2. The van der Waals surface area contributed by atoms with E-state index >= 15 is 0 Å². The van der Waals surface area contributed by atoms with E-state index in [0.717, 1.165) is 4.58 Å². The van der Waals surface area contributed by atoms with Crippen molar-refractivity contribution in [1.29, 1.82) is 0 Å². The van der Waals surface area contributed by atoms with Gasteiger partial charge >= 0.3 is 0 Å². The lowest BCUT2D eigenvalue weighted by molar-refractivity contribution is 0.908. The van der Waals surface area contributed by atoms with Crippen molar-refractivity contribution in [3.63, 3.8) is 0 Å². The van der Waals surface area contributed by atoms with Crippen molar-refractivity contribution >= 4 is 23.5 Å². The molecule has 0 amide bonds. The van der Waals surface area contributed by atoms with Gasteiger partial charge in [-0.1, -0.05) is 30.3 Å². The number of hydrogen-bond acceptors (Lipinski definition) is 2. The second-order valence-electron chi connectivity index (χ2n) is 3.20. The summed E-state index contributed by atoms with van der Waals surface area (Å²) in [5, 5.41) is 0. The topological polar surface area (TPSA) is 0 Å². The van der Waals surface area contributed by atoms with Gasteiger partial charge in [-0.3, -0.25) is 0 Å². The summed E-state index contributed by atoms with van der Waals surface area (Å²) in [7, 11) is 0. The molecule has 0 atom stereocenters. The highest BCUT2D eigenvalue weighted by molar-refractivity contribution is 8.20. The Kier molecular flexibility index (Phi) is 3.62. The third kappa shape index (κ3) is 2.96. The van der Waals surface area contributed by atoms with Gasteiger partial charge < -0.3 is 0 Å². The number of aryl methyl sites for hydroxylation is 1. The zero-order valence-electron chi connectivity index (χ0n) is 7.61. The van der Waals surface area contributed by atoms with Crippen LogP contribution in [0.15, 0.2) is 30.3 Å². The van der Waals surface area contributed by atoms with Crippen LogP contribution in [-0.4, -0.2) is 16.1 Å². The van der Waals surface area contributed by atoms with Crippen LogP contribution in [0.5, 0.6) is 0 Å². The molecule has 0 N–H and O–H groups in total. The van der Waals surface area contributed by atoms with Crippen molar-refractivity contribution in [3.05, 3.63) is 35.9 Å². The van der Waals surface area contributed by atoms with Crippen molar-refractivity contribution in [2.45, 2.75) is 17.4 Å². The number of hydrogen-bond donors (Lipinski definition) is 0. The van der Waals surface area contributed by atoms with Gasteiger partial charge in [-0.15, -0.1) is 23.5 Å². The molecule has 1 aromatic rings. The molecule has 1 fully saturated rings. The summed E-state index contributed by atoms with van der Waals surface area (Å²) < 4.78 is 0.861. The Bertz CT molecular complexity index is 240. The average Bonchev–Trinajstić information content (AvgIpc) is 2.69. The summed E-state index contributed by atoms with van der Waals surface area (Å²) in [5.41, 5.74) is 1.48. The summed E-state index contributed by atoms with van der Waals surface area (Å²) in [4.78, 5) is 0. The molecule has 2 rings (SSSR count). The molecular weight excluding hydrogens is 196 g/mol. The fourth-order valence-corrected chi connectivity index (χ4v) is 4.33. The Balaban J connectivity index is 1.79. The van der Waals surface area contributed by atoms with Crippen molar-refractivity contribution in [2.24, 2.45) is 0 Å². The molecular formula is C11H14S2. The van der Waals surface area contributed by atoms with Crippen molar-refractivity contribution in [3.8, 4) is 0 Å². The van der Waals surface area contributed by atoms with Crippen LogP contribution in [0, 0.1) is 0 Å². The third-order valence-corrected chi connectivity index (χ3v) is 5.37. The molecule has 1 saturated heterocycles. The first kappa shape index (κ1) is 9.47. The fraction of sp³-hybridized carbons (Fsp3) is 0.455. The van der Waals surface area contributed by atoms with Gasteiger partial charge in [-0.2, -0.15) is 0 Å². The van der Waals surface area contributed by atoms with E-state index < -0.39 is 0 Å². The van der Waals surface area contributed by atoms with Gasteiger partial charge in [0.05, 0.1) is 4.58 Å². The number of rotatable bonds is 3. The maximum absolute atomic E-state index is 2.23. The van der Waals surface area contributed by atoms with E-state index in [1.807, 2.05) is 0 Å². The predicted molar refractivity (Wildman–Crippen MR) is 63.5 cm³/mol. The molecule has 0 unspecified atom stereocenters. The van der Waals surface area contributed by atoms with Gasteiger partial charge in [0.1, 0.15) is 0 Å². The van der Waals surface area contributed by atoms with Crippen LogP contribution in [0.3, 0.4) is 0 Å². The highest BCUT2D eigenvalue weighted by atomic mass is 32.2. The lowest BCUT2D eigenvalue weighted by Crippen LogP contribution is -1.94. The zero-order valence-corrected chi connectivity index (χ0v) is 9.24. The summed E-state index contributed by atoms with van der Waals surface area (Å²) in [6.07, 6.45) is 2.57. The summed E-state index contributed by atoms with van der Waals surface area (Å²) >= 11 is 4.25. The molecule has 0 aromatic heterocycles. The van der Waals surface area contributed by atoms with E-state index in [0.29, 0.717) is 0 Å². The van der Waals surface area contributed by atoms with Crippen LogP contribution in [0.1, 0.15) is 12.0 Å². The normalized spacial score (nSPS) is 17.8. The van der Waals surface area contributed by atoms with E-state index in [4.69, 9.17) is 0 Å². The molecule has 0 saturated carbocycles. The Morgan fingerprint density at radius 2 is 1.77 bits per heavy atom. The highest BCUT2D eigenvalue weighted by Crippen LogP contribution is 2.34. The molecule has 1 aromatic carbocycles. The lowest BCUT2D eigenvalue weighted by Gasteiger charge is -2.06. The van der Waals surface area contributed by atoms with Crippen LogP contribution in [0.2, 0.25) is 0 Å². The van der Waals surface area contributed by atoms with Crippen LogP contribution >= 0.6 is 23.5 Å².